The monoisotopic (exact) mass is 640 g/mol. The third kappa shape index (κ3) is 29.4. The SMILES string of the molecule is CCCCCCCCc1ccc(OCCOCCOCCOCCOCCOCCOCCOC(=O)CCCCCCC)cc1. The van der Waals surface area contributed by atoms with Crippen LogP contribution in [0.5, 0.6) is 5.75 Å². The Morgan fingerprint density at radius 1 is 0.467 bits per heavy atom. The van der Waals surface area contributed by atoms with Crippen molar-refractivity contribution in [2.24, 2.45) is 0 Å². The first-order valence-electron chi connectivity index (χ1n) is 17.6. The van der Waals surface area contributed by atoms with E-state index in [2.05, 4.69) is 26.0 Å². The molecule has 1 aromatic carbocycles. The highest BCUT2D eigenvalue weighted by atomic mass is 16.6. The Bertz CT molecular complexity index is 745. The van der Waals surface area contributed by atoms with Crippen molar-refractivity contribution in [1.29, 1.82) is 0 Å². The second-order valence-corrected chi connectivity index (χ2v) is 11.1. The van der Waals surface area contributed by atoms with Gasteiger partial charge >= 0.3 is 5.97 Å². The summed E-state index contributed by atoms with van der Waals surface area (Å²) in [6.07, 6.45) is 15.2. The molecule has 0 aliphatic carbocycles. The van der Waals surface area contributed by atoms with E-state index < -0.39 is 0 Å². The van der Waals surface area contributed by atoms with Gasteiger partial charge in [-0.1, -0.05) is 83.8 Å². The lowest BCUT2D eigenvalue weighted by atomic mass is 10.0. The van der Waals surface area contributed by atoms with E-state index in [4.69, 9.17) is 37.9 Å². The van der Waals surface area contributed by atoms with Crippen molar-refractivity contribution >= 4 is 5.97 Å². The minimum absolute atomic E-state index is 0.141. The Morgan fingerprint density at radius 2 is 0.867 bits per heavy atom. The molecule has 0 saturated heterocycles. The van der Waals surface area contributed by atoms with Gasteiger partial charge in [0, 0.05) is 6.42 Å². The number of ether oxygens (including phenoxy) is 8. The first-order valence-corrected chi connectivity index (χ1v) is 17.6. The number of carbonyl (C=O) groups is 1. The Kier molecular flexibility index (Phi) is 30.8. The maximum Gasteiger partial charge on any atom is 0.305 e. The number of hydrogen-bond acceptors (Lipinski definition) is 9. The second kappa shape index (κ2) is 33.6. The average Bonchev–Trinajstić information content (AvgIpc) is 3.05. The quantitative estimate of drug-likeness (QED) is 0.0576. The fourth-order valence-electron chi connectivity index (χ4n) is 4.44. The van der Waals surface area contributed by atoms with E-state index >= 15 is 0 Å². The molecule has 0 aromatic heterocycles. The maximum atomic E-state index is 11.6. The lowest BCUT2D eigenvalue weighted by molar-refractivity contribution is -0.145. The second-order valence-electron chi connectivity index (χ2n) is 11.1. The van der Waals surface area contributed by atoms with Crippen LogP contribution in [0.2, 0.25) is 0 Å². The van der Waals surface area contributed by atoms with Crippen LogP contribution >= 0.6 is 0 Å². The molecule has 0 amide bonds. The van der Waals surface area contributed by atoms with Crippen LogP contribution in [0.15, 0.2) is 24.3 Å². The molecule has 0 saturated carbocycles. The third-order valence-electron chi connectivity index (χ3n) is 7.07. The smallest absolute Gasteiger partial charge is 0.305 e. The molecule has 0 radical (unpaired) electrons. The molecule has 0 N–H and O–H groups in total. The molecule has 0 unspecified atom stereocenters. The van der Waals surface area contributed by atoms with Crippen LogP contribution in [0.1, 0.15) is 96.5 Å². The fourth-order valence-corrected chi connectivity index (χ4v) is 4.44. The molecule has 0 fully saturated rings. The Labute approximate surface area is 273 Å². The van der Waals surface area contributed by atoms with Crippen LogP contribution in [-0.2, 0) is 44.4 Å². The van der Waals surface area contributed by atoms with E-state index in [0.717, 1.165) is 25.0 Å². The molecule has 45 heavy (non-hydrogen) atoms. The number of esters is 1. The number of hydrogen-bond donors (Lipinski definition) is 0. The topological polar surface area (TPSA) is 90.9 Å². The van der Waals surface area contributed by atoms with Gasteiger partial charge in [-0.05, 0) is 37.0 Å². The highest BCUT2D eigenvalue weighted by Crippen LogP contribution is 2.15. The third-order valence-corrected chi connectivity index (χ3v) is 7.07. The van der Waals surface area contributed by atoms with Gasteiger partial charge < -0.3 is 37.9 Å². The van der Waals surface area contributed by atoms with Gasteiger partial charge in [0.05, 0.1) is 79.3 Å². The molecule has 0 atom stereocenters. The van der Waals surface area contributed by atoms with Crippen molar-refractivity contribution in [2.45, 2.75) is 97.3 Å². The molecule has 0 aliphatic heterocycles. The minimum Gasteiger partial charge on any atom is -0.491 e. The summed E-state index contributed by atoms with van der Waals surface area (Å²) in [7, 11) is 0. The first-order chi connectivity index (χ1) is 22.3. The normalized spacial score (nSPS) is 11.2. The minimum atomic E-state index is -0.141. The van der Waals surface area contributed by atoms with E-state index in [0.29, 0.717) is 98.9 Å². The van der Waals surface area contributed by atoms with E-state index in [1.807, 2.05) is 12.1 Å². The summed E-state index contributed by atoms with van der Waals surface area (Å²) in [6, 6.07) is 8.43. The van der Waals surface area contributed by atoms with E-state index in [1.165, 1.54) is 63.4 Å². The van der Waals surface area contributed by atoms with Crippen molar-refractivity contribution in [3.63, 3.8) is 0 Å². The molecule has 0 aliphatic rings. The standard InChI is InChI=1S/C36H64O9/c1-3-5-7-9-11-12-14-34-16-18-35(19-17-34)44-32-30-42-28-26-40-24-22-38-20-21-39-23-25-41-27-29-43-31-33-45-36(37)15-13-10-8-6-4-2/h16-19H,3-15,20-33H2,1-2H3. The Hall–Kier alpha value is -1.75. The number of unbranched alkanes of at least 4 members (excludes halogenated alkanes) is 9. The zero-order chi connectivity index (χ0) is 32.3. The van der Waals surface area contributed by atoms with Crippen LogP contribution in [0.25, 0.3) is 0 Å². The van der Waals surface area contributed by atoms with Crippen molar-refractivity contribution in [3.05, 3.63) is 29.8 Å². The van der Waals surface area contributed by atoms with Crippen LogP contribution in [0, 0.1) is 0 Å². The van der Waals surface area contributed by atoms with Gasteiger partial charge in [0.1, 0.15) is 19.0 Å². The van der Waals surface area contributed by atoms with Gasteiger partial charge in [-0.15, -0.1) is 0 Å². The molecule has 1 aromatic rings. The Morgan fingerprint density at radius 3 is 1.36 bits per heavy atom. The molecule has 0 heterocycles. The average molecular weight is 641 g/mol. The fraction of sp³-hybridized carbons (Fsp3) is 0.806. The maximum absolute atomic E-state index is 11.6. The van der Waals surface area contributed by atoms with Gasteiger partial charge in [0.2, 0.25) is 0 Å². The summed E-state index contributed by atoms with van der Waals surface area (Å²) in [5.41, 5.74) is 1.38. The molecular weight excluding hydrogens is 576 g/mol. The molecule has 1 rings (SSSR count). The summed E-state index contributed by atoms with van der Waals surface area (Å²) in [6.45, 7) is 11.2. The summed E-state index contributed by atoms with van der Waals surface area (Å²) < 4.78 is 43.9. The van der Waals surface area contributed by atoms with Crippen LogP contribution in [0.4, 0.5) is 0 Å². The summed E-state index contributed by atoms with van der Waals surface area (Å²) in [5.74, 6) is 0.744. The predicted octanol–water partition coefficient (Wildman–Crippen LogP) is 6.97. The van der Waals surface area contributed by atoms with E-state index in [9.17, 15) is 4.79 Å². The lowest BCUT2D eigenvalue weighted by Gasteiger charge is -2.09. The van der Waals surface area contributed by atoms with Crippen LogP contribution in [-0.4, -0.2) is 98.5 Å². The largest absolute Gasteiger partial charge is 0.491 e. The summed E-state index contributed by atoms with van der Waals surface area (Å²) in [5, 5.41) is 0. The van der Waals surface area contributed by atoms with Crippen LogP contribution in [0.3, 0.4) is 0 Å². The van der Waals surface area contributed by atoms with Crippen molar-refractivity contribution in [3.8, 4) is 5.75 Å². The van der Waals surface area contributed by atoms with Gasteiger partial charge in [0.15, 0.2) is 0 Å². The Balaban J connectivity index is 1.74. The number of carbonyl (C=O) groups excluding carboxylic acids is 1. The van der Waals surface area contributed by atoms with Crippen molar-refractivity contribution < 1.29 is 42.7 Å². The van der Waals surface area contributed by atoms with E-state index in [1.54, 1.807) is 0 Å². The van der Waals surface area contributed by atoms with Gasteiger partial charge in [-0.3, -0.25) is 4.79 Å². The highest BCUT2D eigenvalue weighted by molar-refractivity contribution is 5.69. The van der Waals surface area contributed by atoms with E-state index in [-0.39, 0.29) is 5.97 Å². The summed E-state index contributed by atoms with van der Waals surface area (Å²) in [4.78, 5) is 11.6. The zero-order valence-electron chi connectivity index (χ0n) is 28.6. The van der Waals surface area contributed by atoms with Gasteiger partial charge in [-0.2, -0.15) is 0 Å². The first kappa shape index (κ1) is 41.3. The molecular formula is C36H64O9. The molecule has 0 bridgehead atoms. The number of benzene rings is 1. The predicted molar refractivity (Wildman–Crippen MR) is 178 cm³/mol. The highest BCUT2D eigenvalue weighted by Gasteiger charge is 2.02. The lowest BCUT2D eigenvalue weighted by Crippen LogP contribution is -2.15. The van der Waals surface area contributed by atoms with Gasteiger partial charge in [0.25, 0.3) is 0 Å². The number of aryl methyl sites for hydroxylation is 1. The number of rotatable bonds is 35. The molecule has 9 heteroatoms. The molecule has 0 spiro atoms. The molecule has 262 valence electrons. The summed E-state index contributed by atoms with van der Waals surface area (Å²) >= 11 is 0. The van der Waals surface area contributed by atoms with Crippen molar-refractivity contribution in [1.82, 2.24) is 0 Å². The molecule has 9 nitrogen and oxygen atoms in total. The zero-order valence-corrected chi connectivity index (χ0v) is 28.6. The van der Waals surface area contributed by atoms with Crippen LogP contribution < -0.4 is 4.74 Å². The van der Waals surface area contributed by atoms with Gasteiger partial charge in [-0.25, -0.2) is 0 Å². The van der Waals surface area contributed by atoms with Crippen molar-refractivity contribution in [2.75, 3.05) is 92.5 Å².